The normalized spacial score (nSPS) is 13.3. The van der Waals surface area contributed by atoms with Crippen LogP contribution in [0.25, 0.3) is 0 Å². The molecule has 0 spiro atoms. The number of alkyl halides is 3. The fourth-order valence-corrected chi connectivity index (χ4v) is 3.61. The maximum atomic E-state index is 12.3. The number of sulfonamides is 1. The van der Waals surface area contributed by atoms with Crippen LogP contribution in [0.1, 0.15) is 32.8 Å². The van der Waals surface area contributed by atoms with E-state index in [1.54, 1.807) is 20.8 Å². The summed E-state index contributed by atoms with van der Waals surface area (Å²) >= 11 is 0. The van der Waals surface area contributed by atoms with E-state index in [-0.39, 0.29) is 5.56 Å². The molecule has 1 rings (SSSR count). The van der Waals surface area contributed by atoms with Crippen LogP contribution in [0, 0.1) is 0 Å². The molecule has 0 aliphatic heterocycles. The van der Waals surface area contributed by atoms with Crippen LogP contribution < -0.4 is 8.31 Å². The lowest BCUT2D eigenvalue weighted by Crippen LogP contribution is -2.42. The second kappa shape index (κ2) is 8.02. The van der Waals surface area contributed by atoms with E-state index in [4.69, 9.17) is 4.74 Å². The third-order valence-electron chi connectivity index (χ3n) is 3.26. The van der Waals surface area contributed by atoms with Gasteiger partial charge in [-0.25, -0.2) is 8.42 Å². The molecule has 0 aromatic heterocycles. The van der Waals surface area contributed by atoms with Crippen molar-refractivity contribution in [3.63, 3.8) is 0 Å². The summed E-state index contributed by atoms with van der Waals surface area (Å²) in [6, 6.07) is 5.04. The van der Waals surface area contributed by atoms with Crippen molar-refractivity contribution in [3.05, 3.63) is 29.8 Å². The lowest BCUT2D eigenvalue weighted by Gasteiger charge is -2.23. The molecule has 1 N–H and O–H groups in total. The van der Waals surface area contributed by atoms with Gasteiger partial charge in [-0.3, -0.25) is 4.79 Å². The van der Waals surface area contributed by atoms with Crippen LogP contribution in [0.4, 0.5) is 13.2 Å². The van der Waals surface area contributed by atoms with Crippen LogP contribution in [-0.2, 0) is 36.3 Å². The molecule has 0 atom stereocenters. The molecule has 13 heteroatoms. The Balaban J connectivity index is 3.02. The summed E-state index contributed by atoms with van der Waals surface area (Å²) in [6.07, 6.45) is 0.0611. The van der Waals surface area contributed by atoms with Crippen LogP contribution in [0.2, 0.25) is 0 Å². The largest absolute Gasteiger partial charge is 0.512 e. The molecule has 27 heavy (non-hydrogen) atoms. The highest BCUT2D eigenvalue weighted by molar-refractivity contribution is 8.03. The van der Waals surface area contributed by atoms with Gasteiger partial charge in [0.05, 0.1) is 6.42 Å². The molecule has 8 nitrogen and oxygen atoms in total. The predicted octanol–water partition coefficient (Wildman–Crippen LogP) is 2.02. The Morgan fingerprint density at radius 2 is 1.67 bits per heavy atom. The van der Waals surface area contributed by atoms with Crippen molar-refractivity contribution in [1.82, 2.24) is 4.13 Å². The van der Waals surface area contributed by atoms with Crippen molar-refractivity contribution >= 4 is 26.3 Å². The van der Waals surface area contributed by atoms with E-state index in [1.807, 2.05) is 0 Å². The Morgan fingerprint density at radius 3 is 2.19 bits per heavy atom. The minimum absolute atomic E-state index is 0.0239. The number of halogens is 3. The number of carbonyl (C=O) groups excluding carboxylic acids is 1. The molecule has 0 bridgehead atoms. The Hall–Kier alpha value is -1.86. The van der Waals surface area contributed by atoms with Gasteiger partial charge in [-0.2, -0.15) is 21.6 Å². The summed E-state index contributed by atoms with van der Waals surface area (Å²) in [5, 5.41) is 0. The summed E-state index contributed by atoms with van der Waals surface area (Å²) in [6.45, 7) is 5.09. The fraction of sp³-hybridized carbons (Fsp3) is 0.500. The number of esters is 1. The summed E-state index contributed by atoms with van der Waals surface area (Å²) in [5.41, 5.74) is -6.65. The van der Waals surface area contributed by atoms with E-state index in [1.165, 1.54) is 18.2 Å². The van der Waals surface area contributed by atoms with E-state index in [0.717, 1.165) is 6.07 Å². The number of hydrogen-bond donors (Lipinski definition) is 1. The van der Waals surface area contributed by atoms with Crippen LogP contribution in [0.5, 0.6) is 5.75 Å². The SMILES string of the molecule is CCC(C)(C)OC(=O)Cc1ccccc1OS(=O)(=O)NS(=O)(=O)C(F)(F)F. The minimum Gasteiger partial charge on any atom is -0.459 e. The highest BCUT2D eigenvalue weighted by Gasteiger charge is 2.49. The van der Waals surface area contributed by atoms with Crippen molar-refractivity contribution in [3.8, 4) is 5.75 Å². The van der Waals surface area contributed by atoms with Crippen LogP contribution >= 0.6 is 0 Å². The number of para-hydroxylation sites is 1. The van der Waals surface area contributed by atoms with Crippen LogP contribution in [0.3, 0.4) is 0 Å². The zero-order valence-corrected chi connectivity index (χ0v) is 16.2. The number of carbonyl (C=O) groups is 1. The van der Waals surface area contributed by atoms with Gasteiger partial charge in [-0.15, -0.1) is 0 Å². The maximum absolute atomic E-state index is 12.3. The highest BCUT2D eigenvalue weighted by atomic mass is 32.3. The quantitative estimate of drug-likeness (QED) is 0.624. The zero-order chi connectivity index (χ0) is 21.1. The number of nitrogens with one attached hydrogen (secondary N) is 1. The molecule has 0 saturated carbocycles. The number of hydrogen-bond acceptors (Lipinski definition) is 7. The third-order valence-corrected chi connectivity index (χ3v) is 5.97. The summed E-state index contributed by atoms with van der Waals surface area (Å²) in [4.78, 5) is 12.0. The van der Waals surface area contributed by atoms with Gasteiger partial charge in [0, 0.05) is 5.56 Å². The molecule has 0 amide bonds. The Labute approximate surface area is 155 Å². The van der Waals surface area contributed by atoms with Gasteiger partial charge >= 0.3 is 31.8 Å². The number of rotatable bonds is 8. The fourth-order valence-electron chi connectivity index (χ4n) is 1.62. The van der Waals surface area contributed by atoms with Gasteiger partial charge in [-0.1, -0.05) is 29.3 Å². The van der Waals surface area contributed by atoms with E-state index in [2.05, 4.69) is 4.18 Å². The van der Waals surface area contributed by atoms with Crippen molar-refractivity contribution in [2.45, 2.75) is 44.7 Å². The molecule has 0 aliphatic rings. The zero-order valence-electron chi connectivity index (χ0n) is 14.5. The minimum atomic E-state index is -6.19. The van der Waals surface area contributed by atoms with Crippen LogP contribution in [0.15, 0.2) is 24.3 Å². The average Bonchev–Trinajstić information content (AvgIpc) is 2.46. The molecule has 0 heterocycles. The monoisotopic (exact) mass is 433 g/mol. The Morgan fingerprint density at radius 1 is 1.11 bits per heavy atom. The first kappa shape index (κ1) is 23.2. The van der Waals surface area contributed by atoms with Gasteiger partial charge in [0.25, 0.3) is 0 Å². The first-order valence-corrected chi connectivity index (χ1v) is 10.3. The average molecular weight is 433 g/mol. The molecule has 0 unspecified atom stereocenters. The molecular formula is C14H18F3NO7S2. The summed E-state index contributed by atoms with van der Waals surface area (Å²) < 4.78 is 92.1. The van der Waals surface area contributed by atoms with Crippen molar-refractivity contribution in [1.29, 1.82) is 0 Å². The van der Waals surface area contributed by atoms with E-state index in [9.17, 15) is 34.8 Å². The van der Waals surface area contributed by atoms with Gasteiger partial charge in [0.2, 0.25) is 0 Å². The van der Waals surface area contributed by atoms with E-state index in [0.29, 0.717) is 10.5 Å². The topological polar surface area (TPSA) is 116 Å². The standard InChI is InChI=1S/C14H18F3NO7S2/c1-4-13(2,3)24-12(19)9-10-7-5-6-8-11(10)25-27(22,23)18-26(20,21)14(15,16)17/h5-8,18H,4,9H2,1-3H3. The molecular weight excluding hydrogens is 415 g/mol. The molecule has 1 aromatic carbocycles. The third kappa shape index (κ3) is 6.99. The number of ether oxygens (including phenoxy) is 1. The predicted molar refractivity (Wildman–Crippen MR) is 88.3 cm³/mol. The first-order chi connectivity index (χ1) is 12.1. The van der Waals surface area contributed by atoms with E-state index < -0.39 is 49.6 Å². The second-order valence-corrected chi connectivity index (χ2v) is 9.15. The van der Waals surface area contributed by atoms with Gasteiger partial charge in [-0.05, 0) is 26.3 Å². The van der Waals surface area contributed by atoms with Crippen molar-refractivity contribution in [2.75, 3.05) is 0 Å². The van der Waals surface area contributed by atoms with Crippen molar-refractivity contribution < 1.29 is 43.7 Å². The molecule has 0 fully saturated rings. The lowest BCUT2D eigenvalue weighted by molar-refractivity contribution is -0.155. The second-order valence-electron chi connectivity index (χ2n) is 5.94. The summed E-state index contributed by atoms with van der Waals surface area (Å²) in [5.74, 6) is -1.25. The Kier molecular flexibility index (Phi) is 6.89. The smallest absolute Gasteiger partial charge is 0.459 e. The maximum Gasteiger partial charge on any atom is 0.512 e. The molecule has 0 aliphatic carbocycles. The first-order valence-electron chi connectivity index (χ1n) is 7.42. The van der Waals surface area contributed by atoms with E-state index >= 15 is 0 Å². The molecule has 0 radical (unpaired) electrons. The van der Waals surface area contributed by atoms with Crippen molar-refractivity contribution in [2.24, 2.45) is 0 Å². The molecule has 154 valence electrons. The van der Waals surface area contributed by atoms with Gasteiger partial charge < -0.3 is 8.92 Å². The van der Waals surface area contributed by atoms with Crippen LogP contribution in [-0.4, -0.2) is 33.9 Å². The Bertz CT molecular complexity index is 894. The molecule has 1 aromatic rings. The van der Waals surface area contributed by atoms with Gasteiger partial charge in [0.15, 0.2) is 0 Å². The summed E-state index contributed by atoms with van der Waals surface area (Å²) in [7, 11) is -11.6. The highest BCUT2D eigenvalue weighted by Crippen LogP contribution is 2.25. The number of benzene rings is 1. The lowest BCUT2D eigenvalue weighted by atomic mass is 10.1. The van der Waals surface area contributed by atoms with Gasteiger partial charge in [0.1, 0.15) is 11.4 Å². The molecule has 0 saturated heterocycles.